The maximum absolute atomic E-state index is 12.7. The first kappa shape index (κ1) is 22.6. The predicted molar refractivity (Wildman–Crippen MR) is 110 cm³/mol. The molecular formula is C22H30O5S. The standard InChI is InChI=1S/C22H30O5S/c1-16(2)15-19-9-11-20(12-10-19)22(25-5,26-6)18(4)27-28(23,24)21-13-7-17(3)8-14-21/h7-14,16,18H,15H2,1-6H3. The van der Waals surface area contributed by atoms with Gasteiger partial charge in [0.15, 0.2) is 0 Å². The second-order valence-electron chi connectivity index (χ2n) is 7.38. The van der Waals surface area contributed by atoms with Gasteiger partial charge in [-0.15, -0.1) is 0 Å². The highest BCUT2D eigenvalue weighted by molar-refractivity contribution is 7.86. The Bertz CT molecular complexity index is 851. The molecule has 5 nitrogen and oxygen atoms in total. The summed E-state index contributed by atoms with van der Waals surface area (Å²) in [5.41, 5.74) is 2.86. The lowest BCUT2D eigenvalue weighted by atomic mass is 9.96. The highest BCUT2D eigenvalue weighted by atomic mass is 32.2. The van der Waals surface area contributed by atoms with E-state index < -0.39 is 22.0 Å². The van der Waals surface area contributed by atoms with Crippen molar-refractivity contribution in [2.24, 2.45) is 5.92 Å². The van der Waals surface area contributed by atoms with Crippen molar-refractivity contribution in [1.29, 1.82) is 0 Å². The second kappa shape index (κ2) is 9.18. The molecule has 0 aliphatic carbocycles. The van der Waals surface area contributed by atoms with Gasteiger partial charge in [0.1, 0.15) is 6.10 Å². The predicted octanol–water partition coefficient (Wildman–Crippen LogP) is 4.43. The Morgan fingerprint density at radius 1 is 0.893 bits per heavy atom. The molecular weight excluding hydrogens is 376 g/mol. The number of methoxy groups -OCH3 is 2. The maximum Gasteiger partial charge on any atom is 0.297 e. The van der Waals surface area contributed by atoms with E-state index in [2.05, 4.69) is 13.8 Å². The Labute approximate surface area is 168 Å². The first-order chi connectivity index (χ1) is 13.1. The van der Waals surface area contributed by atoms with Gasteiger partial charge in [-0.05, 0) is 43.9 Å². The summed E-state index contributed by atoms with van der Waals surface area (Å²) in [6.07, 6.45) is 0.0472. The van der Waals surface area contributed by atoms with Crippen LogP contribution in [0.4, 0.5) is 0 Å². The molecule has 0 bridgehead atoms. The molecule has 154 valence electrons. The molecule has 6 heteroatoms. The minimum absolute atomic E-state index is 0.0957. The second-order valence-corrected chi connectivity index (χ2v) is 8.95. The van der Waals surface area contributed by atoms with Crippen LogP contribution >= 0.6 is 0 Å². The van der Waals surface area contributed by atoms with Gasteiger partial charge in [0, 0.05) is 19.8 Å². The van der Waals surface area contributed by atoms with Crippen LogP contribution in [0.5, 0.6) is 0 Å². The topological polar surface area (TPSA) is 61.8 Å². The summed E-state index contributed by atoms with van der Waals surface area (Å²) < 4.78 is 42.2. The summed E-state index contributed by atoms with van der Waals surface area (Å²) >= 11 is 0. The van der Waals surface area contributed by atoms with Crippen LogP contribution in [0.15, 0.2) is 53.4 Å². The molecule has 0 saturated heterocycles. The summed E-state index contributed by atoms with van der Waals surface area (Å²) in [4.78, 5) is 0.0957. The van der Waals surface area contributed by atoms with E-state index >= 15 is 0 Å². The Morgan fingerprint density at radius 3 is 1.89 bits per heavy atom. The van der Waals surface area contributed by atoms with Crippen LogP contribution in [0.1, 0.15) is 37.5 Å². The third-order valence-corrected chi connectivity index (χ3v) is 6.11. The van der Waals surface area contributed by atoms with Gasteiger partial charge >= 0.3 is 0 Å². The molecule has 2 aromatic carbocycles. The Balaban J connectivity index is 2.31. The average molecular weight is 407 g/mol. The Kier molecular flexibility index (Phi) is 7.39. The molecule has 28 heavy (non-hydrogen) atoms. The van der Waals surface area contributed by atoms with Crippen molar-refractivity contribution in [3.63, 3.8) is 0 Å². The lowest BCUT2D eigenvalue weighted by Gasteiger charge is -2.36. The fourth-order valence-electron chi connectivity index (χ4n) is 3.24. The summed E-state index contributed by atoms with van der Waals surface area (Å²) in [5, 5.41) is 0. The van der Waals surface area contributed by atoms with Crippen molar-refractivity contribution >= 4 is 10.1 Å². The van der Waals surface area contributed by atoms with E-state index in [1.807, 2.05) is 31.2 Å². The smallest absolute Gasteiger partial charge is 0.297 e. The van der Waals surface area contributed by atoms with E-state index in [4.69, 9.17) is 13.7 Å². The van der Waals surface area contributed by atoms with Gasteiger partial charge in [-0.1, -0.05) is 55.8 Å². The van der Waals surface area contributed by atoms with Crippen LogP contribution in [-0.4, -0.2) is 28.7 Å². The minimum atomic E-state index is -3.97. The molecule has 2 aromatic rings. The molecule has 0 aliphatic heterocycles. The first-order valence-electron chi connectivity index (χ1n) is 9.34. The van der Waals surface area contributed by atoms with Crippen molar-refractivity contribution in [3.05, 3.63) is 65.2 Å². The van der Waals surface area contributed by atoms with Gasteiger partial charge in [0.25, 0.3) is 10.1 Å². The van der Waals surface area contributed by atoms with Crippen molar-refractivity contribution in [1.82, 2.24) is 0 Å². The van der Waals surface area contributed by atoms with Gasteiger partial charge < -0.3 is 9.47 Å². The average Bonchev–Trinajstić information content (AvgIpc) is 2.64. The SMILES string of the molecule is COC(OC)(c1ccc(CC(C)C)cc1)C(C)OS(=O)(=O)c1ccc(C)cc1. The molecule has 0 heterocycles. The van der Waals surface area contributed by atoms with Crippen molar-refractivity contribution in [2.45, 2.75) is 50.9 Å². The normalized spacial score (nSPS) is 13.7. The van der Waals surface area contributed by atoms with Gasteiger partial charge in [-0.2, -0.15) is 8.42 Å². The van der Waals surface area contributed by atoms with E-state index in [9.17, 15) is 8.42 Å². The van der Waals surface area contributed by atoms with Gasteiger partial charge in [0.2, 0.25) is 5.79 Å². The van der Waals surface area contributed by atoms with Crippen molar-refractivity contribution < 1.29 is 22.1 Å². The monoisotopic (exact) mass is 406 g/mol. The van der Waals surface area contributed by atoms with Crippen molar-refractivity contribution in [3.8, 4) is 0 Å². The zero-order chi connectivity index (χ0) is 20.9. The van der Waals surface area contributed by atoms with Gasteiger partial charge in [0.05, 0.1) is 4.90 Å². The quantitative estimate of drug-likeness (QED) is 0.455. The van der Waals surface area contributed by atoms with Crippen molar-refractivity contribution in [2.75, 3.05) is 14.2 Å². The summed E-state index contributed by atoms with van der Waals surface area (Å²) in [6.45, 7) is 7.84. The molecule has 0 fully saturated rings. The van der Waals surface area contributed by atoms with E-state index in [0.29, 0.717) is 11.5 Å². The van der Waals surface area contributed by atoms with E-state index in [1.165, 1.54) is 31.9 Å². The number of benzene rings is 2. The number of aryl methyl sites for hydroxylation is 1. The summed E-state index contributed by atoms with van der Waals surface area (Å²) in [5.74, 6) is -0.809. The van der Waals surface area contributed by atoms with Crippen LogP contribution in [0.25, 0.3) is 0 Å². The Hall–Kier alpha value is -1.73. The fourth-order valence-corrected chi connectivity index (χ4v) is 4.33. The molecule has 0 aliphatic rings. The molecule has 1 atom stereocenters. The Morgan fingerprint density at radius 2 is 1.43 bits per heavy atom. The summed E-state index contributed by atoms with van der Waals surface area (Å²) in [7, 11) is -1.02. The van der Waals surface area contributed by atoms with Gasteiger partial charge in [-0.3, -0.25) is 4.18 Å². The molecule has 2 rings (SSSR count). The lowest BCUT2D eigenvalue weighted by molar-refractivity contribution is -0.257. The fraction of sp³-hybridized carbons (Fsp3) is 0.455. The highest BCUT2D eigenvalue weighted by Gasteiger charge is 2.42. The molecule has 0 N–H and O–H groups in total. The largest absolute Gasteiger partial charge is 0.347 e. The number of hydrogen-bond donors (Lipinski definition) is 0. The number of ether oxygens (including phenoxy) is 2. The molecule has 1 unspecified atom stereocenters. The molecule has 0 saturated carbocycles. The van der Waals surface area contributed by atoms with Crippen LogP contribution in [0, 0.1) is 12.8 Å². The summed E-state index contributed by atoms with van der Waals surface area (Å²) in [6, 6.07) is 14.3. The zero-order valence-corrected chi connectivity index (χ0v) is 18.2. The van der Waals surface area contributed by atoms with Crippen LogP contribution in [-0.2, 0) is 36.0 Å². The van der Waals surface area contributed by atoms with Crippen LogP contribution in [0.2, 0.25) is 0 Å². The zero-order valence-electron chi connectivity index (χ0n) is 17.4. The molecule has 0 aromatic heterocycles. The molecule has 0 spiro atoms. The van der Waals surface area contributed by atoms with E-state index in [-0.39, 0.29) is 4.90 Å². The number of hydrogen-bond acceptors (Lipinski definition) is 5. The lowest BCUT2D eigenvalue weighted by Crippen LogP contribution is -2.44. The molecule has 0 radical (unpaired) electrons. The molecule has 0 amide bonds. The number of rotatable bonds is 9. The van der Waals surface area contributed by atoms with E-state index in [1.54, 1.807) is 19.1 Å². The maximum atomic E-state index is 12.7. The minimum Gasteiger partial charge on any atom is -0.347 e. The third kappa shape index (κ3) is 5.00. The highest BCUT2D eigenvalue weighted by Crippen LogP contribution is 2.34. The van der Waals surface area contributed by atoms with Gasteiger partial charge in [-0.25, -0.2) is 0 Å². The van der Waals surface area contributed by atoms with E-state index in [0.717, 1.165) is 12.0 Å². The third-order valence-electron chi connectivity index (χ3n) is 4.72. The van der Waals surface area contributed by atoms with Crippen LogP contribution in [0.3, 0.4) is 0 Å². The first-order valence-corrected chi connectivity index (χ1v) is 10.7. The van der Waals surface area contributed by atoms with Crippen LogP contribution < -0.4 is 0 Å².